The minimum Gasteiger partial charge on any atom is -0.469 e. The lowest BCUT2D eigenvalue weighted by molar-refractivity contribution is -0.145. The van der Waals surface area contributed by atoms with Crippen LogP contribution >= 0.6 is 11.6 Å². The number of esters is 1. The van der Waals surface area contributed by atoms with E-state index in [2.05, 4.69) is 4.74 Å². The second-order valence-corrected chi connectivity index (χ2v) is 4.46. The molecule has 1 atom stereocenters. The molecule has 0 bridgehead atoms. The van der Waals surface area contributed by atoms with Gasteiger partial charge >= 0.3 is 5.97 Å². The zero-order valence-corrected chi connectivity index (χ0v) is 10.4. The lowest BCUT2D eigenvalue weighted by Gasteiger charge is -2.17. The van der Waals surface area contributed by atoms with Crippen LogP contribution in [0.25, 0.3) is 0 Å². The third-order valence-corrected chi connectivity index (χ3v) is 3.09. The van der Waals surface area contributed by atoms with Gasteiger partial charge in [0.1, 0.15) is 5.82 Å². The maximum absolute atomic E-state index is 13.6. The highest BCUT2D eigenvalue weighted by atomic mass is 35.5. The molecule has 0 radical (unpaired) electrons. The molecule has 1 saturated heterocycles. The Morgan fingerprint density at radius 2 is 2.28 bits per heavy atom. The van der Waals surface area contributed by atoms with E-state index >= 15 is 0 Å². The molecule has 1 aromatic rings. The molecule has 1 aliphatic heterocycles. The number of carbonyl (C=O) groups is 2. The van der Waals surface area contributed by atoms with Gasteiger partial charge in [0.05, 0.1) is 18.7 Å². The Bertz CT molecular complexity index is 506. The van der Waals surface area contributed by atoms with Crippen molar-refractivity contribution in [2.24, 2.45) is 5.92 Å². The zero-order chi connectivity index (χ0) is 13.3. The normalized spacial score (nSPS) is 19.2. The van der Waals surface area contributed by atoms with E-state index in [0.29, 0.717) is 5.02 Å². The van der Waals surface area contributed by atoms with Gasteiger partial charge in [-0.3, -0.25) is 9.59 Å². The maximum Gasteiger partial charge on any atom is 0.311 e. The highest BCUT2D eigenvalue weighted by Gasteiger charge is 2.36. The van der Waals surface area contributed by atoms with Gasteiger partial charge < -0.3 is 9.64 Å². The van der Waals surface area contributed by atoms with Crippen LogP contribution in [0.3, 0.4) is 0 Å². The van der Waals surface area contributed by atoms with E-state index in [1.54, 1.807) is 0 Å². The number of benzene rings is 1. The van der Waals surface area contributed by atoms with Crippen LogP contribution in [0.5, 0.6) is 0 Å². The number of rotatable bonds is 2. The lowest BCUT2D eigenvalue weighted by Crippen LogP contribution is -2.27. The van der Waals surface area contributed by atoms with E-state index in [1.165, 1.54) is 30.2 Å². The van der Waals surface area contributed by atoms with Crippen LogP contribution in [0.1, 0.15) is 6.42 Å². The molecule has 18 heavy (non-hydrogen) atoms. The van der Waals surface area contributed by atoms with E-state index in [-0.39, 0.29) is 24.6 Å². The number of hydrogen-bond donors (Lipinski definition) is 0. The number of anilines is 1. The molecule has 0 saturated carbocycles. The molecular weight excluding hydrogens is 261 g/mol. The Balaban J connectivity index is 2.27. The molecule has 1 amide bonds. The van der Waals surface area contributed by atoms with Crippen molar-refractivity contribution in [1.29, 1.82) is 0 Å². The summed E-state index contributed by atoms with van der Waals surface area (Å²) in [4.78, 5) is 24.4. The van der Waals surface area contributed by atoms with Crippen LogP contribution < -0.4 is 4.90 Å². The van der Waals surface area contributed by atoms with E-state index in [0.717, 1.165) is 0 Å². The molecule has 1 fully saturated rings. The van der Waals surface area contributed by atoms with Gasteiger partial charge in [0, 0.05) is 18.0 Å². The fraction of sp³-hybridized carbons (Fsp3) is 0.333. The van der Waals surface area contributed by atoms with Gasteiger partial charge in [-0.25, -0.2) is 4.39 Å². The predicted octanol–water partition coefficient (Wildman–Crippen LogP) is 2.00. The molecule has 0 aliphatic carbocycles. The smallest absolute Gasteiger partial charge is 0.311 e. The van der Waals surface area contributed by atoms with Crippen LogP contribution in [0, 0.1) is 11.7 Å². The molecule has 6 heteroatoms. The highest BCUT2D eigenvalue weighted by Crippen LogP contribution is 2.29. The Kier molecular flexibility index (Phi) is 3.52. The van der Waals surface area contributed by atoms with Crippen LogP contribution in [0.2, 0.25) is 5.02 Å². The summed E-state index contributed by atoms with van der Waals surface area (Å²) in [7, 11) is 1.26. The summed E-state index contributed by atoms with van der Waals surface area (Å²) in [6.45, 7) is 0.114. The summed E-state index contributed by atoms with van der Waals surface area (Å²) in [6.07, 6.45) is 0.0264. The molecule has 1 unspecified atom stereocenters. The number of hydrogen-bond acceptors (Lipinski definition) is 3. The maximum atomic E-state index is 13.6. The topological polar surface area (TPSA) is 46.6 Å². The second kappa shape index (κ2) is 4.94. The predicted molar refractivity (Wildman–Crippen MR) is 63.9 cm³/mol. The number of ether oxygens (including phenoxy) is 1. The van der Waals surface area contributed by atoms with Crippen molar-refractivity contribution in [3.63, 3.8) is 0 Å². The highest BCUT2D eigenvalue weighted by molar-refractivity contribution is 6.31. The molecule has 1 heterocycles. The van der Waals surface area contributed by atoms with Crippen LogP contribution in [0.4, 0.5) is 10.1 Å². The molecule has 1 aliphatic rings. The molecule has 96 valence electrons. The number of carbonyl (C=O) groups excluding carboxylic acids is 2. The Morgan fingerprint density at radius 1 is 1.56 bits per heavy atom. The van der Waals surface area contributed by atoms with E-state index in [1.807, 2.05) is 0 Å². The first-order valence-electron chi connectivity index (χ1n) is 5.36. The third kappa shape index (κ3) is 2.31. The number of halogens is 2. The summed E-state index contributed by atoms with van der Waals surface area (Å²) in [5.41, 5.74) is 0.0962. The first-order valence-corrected chi connectivity index (χ1v) is 5.74. The first kappa shape index (κ1) is 12.8. The first-order chi connectivity index (χ1) is 8.52. The van der Waals surface area contributed by atoms with Gasteiger partial charge in [-0.1, -0.05) is 11.6 Å². The van der Waals surface area contributed by atoms with E-state index < -0.39 is 17.7 Å². The van der Waals surface area contributed by atoms with Gasteiger partial charge in [-0.15, -0.1) is 0 Å². The molecule has 0 N–H and O–H groups in total. The van der Waals surface area contributed by atoms with Crippen molar-refractivity contribution in [2.45, 2.75) is 6.42 Å². The number of methoxy groups -OCH3 is 1. The fourth-order valence-corrected chi connectivity index (χ4v) is 2.12. The summed E-state index contributed by atoms with van der Waals surface area (Å²) in [6, 6.07) is 3.96. The van der Waals surface area contributed by atoms with Crippen molar-refractivity contribution in [1.82, 2.24) is 0 Å². The quantitative estimate of drug-likeness (QED) is 0.773. The average Bonchev–Trinajstić information content (AvgIpc) is 2.73. The van der Waals surface area contributed by atoms with Gasteiger partial charge in [-0.2, -0.15) is 0 Å². The van der Waals surface area contributed by atoms with Crippen LogP contribution in [-0.4, -0.2) is 25.5 Å². The molecule has 0 aromatic heterocycles. The Hall–Kier alpha value is -1.62. The van der Waals surface area contributed by atoms with Crippen molar-refractivity contribution >= 4 is 29.2 Å². The van der Waals surface area contributed by atoms with Gasteiger partial charge in [0.15, 0.2) is 0 Å². The molecule has 0 spiro atoms. The lowest BCUT2D eigenvalue weighted by atomic mass is 10.1. The fourth-order valence-electron chi connectivity index (χ4n) is 1.96. The summed E-state index contributed by atoms with van der Waals surface area (Å²) in [5, 5.41) is 0.334. The van der Waals surface area contributed by atoms with Gasteiger partial charge in [0.2, 0.25) is 5.91 Å². The van der Waals surface area contributed by atoms with Gasteiger partial charge in [-0.05, 0) is 18.2 Å². The van der Waals surface area contributed by atoms with E-state index in [4.69, 9.17) is 11.6 Å². The summed E-state index contributed by atoms with van der Waals surface area (Å²) in [5.74, 6) is -1.88. The Morgan fingerprint density at radius 3 is 2.94 bits per heavy atom. The molecular formula is C12H11ClFNO3. The SMILES string of the molecule is COC(=O)C1CC(=O)N(c2cc(Cl)ccc2F)C1. The molecule has 2 rings (SSSR count). The Labute approximate surface area is 108 Å². The molecule has 1 aromatic carbocycles. The van der Waals surface area contributed by atoms with Gasteiger partial charge in [0.25, 0.3) is 0 Å². The third-order valence-electron chi connectivity index (χ3n) is 2.86. The minimum atomic E-state index is -0.555. The average molecular weight is 272 g/mol. The van der Waals surface area contributed by atoms with Crippen molar-refractivity contribution in [2.75, 3.05) is 18.6 Å². The monoisotopic (exact) mass is 271 g/mol. The molecule has 4 nitrogen and oxygen atoms in total. The second-order valence-electron chi connectivity index (χ2n) is 4.02. The van der Waals surface area contributed by atoms with Crippen LogP contribution in [-0.2, 0) is 14.3 Å². The van der Waals surface area contributed by atoms with Crippen molar-refractivity contribution in [3.8, 4) is 0 Å². The summed E-state index contributed by atoms with van der Waals surface area (Å²) >= 11 is 5.77. The number of amides is 1. The zero-order valence-electron chi connectivity index (χ0n) is 9.65. The largest absolute Gasteiger partial charge is 0.469 e. The van der Waals surface area contributed by atoms with E-state index in [9.17, 15) is 14.0 Å². The van der Waals surface area contributed by atoms with Crippen LogP contribution in [0.15, 0.2) is 18.2 Å². The van der Waals surface area contributed by atoms with Crippen molar-refractivity contribution in [3.05, 3.63) is 29.0 Å². The minimum absolute atomic E-state index is 0.0264. The number of nitrogens with zero attached hydrogens (tertiary/aromatic N) is 1. The standard InChI is InChI=1S/C12H11ClFNO3/c1-18-12(17)7-4-11(16)15(6-7)10-5-8(13)2-3-9(10)14/h2-3,5,7H,4,6H2,1H3. The van der Waals surface area contributed by atoms with Crippen molar-refractivity contribution < 1.29 is 18.7 Å². The summed E-state index contributed by atoms with van der Waals surface area (Å²) < 4.78 is 18.2.